The van der Waals surface area contributed by atoms with Gasteiger partial charge in [-0.15, -0.1) is 0 Å². The Morgan fingerprint density at radius 3 is 2.48 bits per heavy atom. The highest BCUT2D eigenvalue weighted by atomic mass is 16.5. The first-order valence-corrected chi connectivity index (χ1v) is 6.23. The molecule has 5 N–H and O–H groups in total. The largest absolute Gasteiger partial charge is 0.483 e. The van der Waals surface area contributed by atoms with Gasteiger partial charge in [0.2, 0.25) is 0 Å². The highest BCUT2D eigenvalue weighted by molar-refractivity contribution is 5.96. The van der Waals surface area contributed by atoms with E-state index in [1.807, 2.05) is 6.07 Å². The third kappa shape index (κ3) is 3.97. The Morgan fingerprint density at radius 1 is 1.10 bits per heavy atom. The number of hydrogen-bond donors (Lipinski definition) is 3. The number of anilines is 2. The fourth-order valence-corrected chi connectivity index (χ4v) is 1.72. The summed E-state index contributed by atoms with van der Waals surface area (Å²) in [5, 5.41) is 2.66. The molecule has 0 atom stereocenters. The molecule has 0 aliphatic carbocycles. The smallest absolute Gasteiger partial charge is 0.262 e. The number of amides is 2. The molecule has 0 spiro atoms. The molecule has 6 heteroatoms. The van der Waals surface area contributed by atoms with E-state index in [-0.39, 0.29) is 23.8 Å². The molecule has 6 nitrogen and oxygen atoms in total. The third-order valence-electron chi connectivity index (χ3n) is 2.69. The Bertz CT molecular complexity index is 656. The van der Waals surface area contributed by atoms with Gasteiger partial charge < -0.3 is 21.5 Å². The van der Waals surface area contributed by atoms with Crippen molar-refractivity contribution in [1.82, 2.24) is 0 Å². The molecule has 2 aromatic rings. The van der Waals surface area contributed by atoms with Crippen LogP contribution in [0.3, 0.4) is 0 Å². The summed E-state index contributed by atoms with van der Waals surface area (Å²) < 4.78 is 5.32. The molecule has 0 heterocycles. The van der Waals surface area contributed by atoms with Crippen molar-refractivity contribution in [3.63, 3.8) is 0 Å². The number of nitrogen functional groups attached to an aromatic ring is 1. The maximum atomic E-state index is 11.8. The molecule has 21 heavy (non-hydrogen) atoms. The van der Waals surface area contributed by atoms with Crippen molar-refractivity contribution in [2.45, 2.75) is 0 Å². The molecule has 108 valence electrons. The molecule has 2 aromatic carbocycles. The normalized spacial score (nSPS) is 9.90. The number of rotatable bonds is 5. The van der Waals surface area contributed by atoms with Gasteiger partial charge in [0.15, 0.2) is 6.61 Å². The number of carbonyl (C=O) groups excluding carboxylic acids is 2. The average molecular weight is 285 g/mol. The number of primary amides is 1. The number of nitrogens with two attached hydrogens (primary N) is 2. The molecule has 0 unspecified atom stereocenters. The summed E-state index contributed by atoms with van der Waals surface area (Å²) in [7, 11) is 0. The van der Waals surface area contributed by atoms with E-state index in [2.05, 4.69) is 5.32 Å². The molecule has 0 saturated heterocycles. The second kappa shape index (κ2) is 6.42. The van der Waals surface area contributed by atoms with Gasteiger partial charge in [0.25, 0.3) is 11.8 Å². The number of nitrogens with one attached hydrogen (secondary N) is 1. The Balaban J connectivity index is 2.01. The van der Waals surface area contributed by atoms with Crippen LogP contribution in [0.25, 0.3) is 0 Å². The van der Waals surface area contributed by atoms with Gasteiger partial charge in [0.05, 0.1) is 5.56 Å². The molecule has 0 saturated carbocycles. The summed E-state index contributed by atoms with van der Waals surface area (Å²) in [4.78, 5) is 23.0. The van der Waals surface area contributed by atoms with Crippen LogP contribution in [-0.4, -0.2) is 18.4 Å². The van der Waals surface area contributed by atoms with Crippen molar-refractivity contribution in [2.75, 3.05) is 17.7 Å². The van der Waals surface area contributed by atoms with Crippen molar-refractivity contribution in [2.24, 2.45) is 5.73 Å². The van der Waals surface area contributed by atoms with Crippen LogP contribution in [0, 0.1) is 0 Å². The number of benzene rings is 2. The molecule has 0 fully saturated rings. The summed E-state index contributed by atoms with van der Waals surface area (Å²) in [5.74, 6) is -0.807. The van der Waals surface area contributed by atoms with Crippen LogP contribution < -0.4 is 21.5 Å². The van der Waals surface area contributed by atoms with Gasteiger partial charge >= 0.3 is 0 Å². The van der Waals surface area contributed by atoms with Gasteiger partial charge in [-0.05, 0) is 24.3 Å². The minimum absolute atomic E-state index is 0.178. The van der Waals surface area contributed by atoms with Crippen LogP contribution in [0.1, 0.15) is 10.4 Å². The molecule has 0 aromatic heterocycles. The molecule has 0 aliphatic rings. The van der Waals surface area contributed by atoms with E-state index in [9.17, 15) is 9.59 Å². The molecular formula is C15H15N3O3. The summed E-state index contributed by atoms with van der Waals surface area (Å²) in [6.45, 7) is -0.251. The lowest BCUT2D eigenvalue weighted by Crippen LogP contribution is -2.21. The van der Waals surface area contributed by atoms with Crippen molar-refractivity contribution in [3.05, 3.63) is 54.1 Å². The number of hydrogen-bond acceptors (Lipinski definition) is 4. The average Bonchev–Trinajstić information content (AvgIpc) is 2.46. The van der Waals surface area contributed by atoms with Crippen LogP contribution >= 0.6 is 0 Å². The maximum Gasteiger partial charge on any atom is 0.262 e. The quantitative estimate of drug-likeness (QED) is 0.721. The molecular weight excluding hydrogens is 270 g/mol. The van der Waals surface area contributed by atoms with E-state index in [0.29, 0.717) is 11.4 Å². The fourth-order valence-electron chi connectivity index (χ4n) is 1.72. The predicted octanol–water partition coefficient (Wildman–Crippen LogP) is 1.39. The second-order valence-corrected chi connectivity index (χ2v) is 4.32. The first kappa shape index (κ1) is 14.4. The SMILES string of the molecule is NC(=O)c1ccc(N)cc1OCC(=O)Nc1ccccc1. The minimum atomic E-state index is -0.645. The van der Waals surface area contributed by atoms with E-state index in [0.717, 1.165) is 0 Å². The maximum absolute atomic E-state index is 11.8. The summed E-state index contributed by atoms with van der Waals surface area (Å²) in [5.41, 5.74) is 12.1. The lowest BCUT2D eigenvalue weighted by atomic mass is 10.1. The van der Waals surface area contributed by atoms with Gasteiger partial charge in [0.1, 0.15) is 5.75 Å². The van der Waals surface area contributed by atoms with E-state index < -0.39 is 5.91 Å². The third-order valence-corrected chi connectivity index (χ3v) is 2.69. The second-order valence-electron chi connectivity index (χ2n) is 4.32. The van der Waals surface area contributed by atoms with E-state index >= 15 is 0 Å². The topological polar surface area (TPSA) is 107 Å². The Morgan fingerprint density at radius 2 is 1.81 bits per heavy atom. The van der Waals surface area contributed by atoms with Gasteiger partial charge in [-0.1, -0.05) is 18.2 Å². The molecule has 0 radical (unpaired) electrons. The fraction of sp³-hybridized carbons (Fsp3) is 0.0667. The zero-order valence-corrected chi connectivity index (χ0v) is 11.2. The van der Waals surface area contributed by atoms with Crippen LogP contribution in [0.5, 0.6) is 5.75 Å². The van der Waals surface area contributed by atoms with E-state index in [4.69, 9.17) is 16.2 Å². The summed E-state index contributed by atoms with van der Waals surface area (Å²) >= 11 is 0. The highest BCUT2D eigenvalue weighted by Crippen LogP contribution is 2.21. The van der Waals surface area contributed by atoms with Gasteiger partial charge in [-0.25, -0.2) is 0 Å². The Labute approximate surface area is 121 Å². The highest BCUT2D eigenvalue weighted by Gasteiger charge is 2.11. The van der Waals surface area contributed by atoms with Crippen molar-refractivity contribution < 1.29 is 14.3 Å². The van der Waals surface area contributed by atoms with Crippen LogP contribution in [0.2, 0.25) is 0 Å². The van der Waals surface area contributed by atoms with Crippen LogP contribution in [-0.2, 0) is 4.79 Å². The van der Waals surface area contributed by atoms with Gasteiger partial charge in [-0.3, -0.25) is 9.59 Å². The Hall–Kier alpha value is -3.02. The van der Waals surface area contributed by atoms with Crippen molar-refractivity contribution in [3.8, 4) is 5.75 Å². The molecule has 2 amide bonds. The lowest BCUT2D eigenvalue weighted by molar-refractivity contribution is -0.118. The van der Waals surface area contributed by atoms with E-state index in [1.165, 1.54) is 18.2 Å². The predicted molar refractivity (Wildman–Crippen MR) is 79.9 cm³/mol. The lowest BCUT2D eigenvalue weighted by Gasteiger charge is -2.10. The standard InChI is InChI=1S/C15H15N3O3/c16-10-6-7-12(15(17)20)13(8-10)21-9-14(19)18-11-4-2-1-3-5-11/h1-8H,9,16H2,(H2,17,20)(H,18,19). The zero-order valence-electron chi connectivity index (χ0n) is 11.2. The number of para-hydroxylation sites is 1. The number of ether oxygens (including phenoxy) is 1. The minimum Gasteiger partial charge on any atom is -0.483 e. The summed E-state index contributed by atoms with van der Waals surface area (Å²) in [6, 6.07) is 13.4. The van der Waals surface area contributed by atoms with Crippen LogP contribution in [0.15, 0.2) is 48.5 Å². The van der Waals surface area contributed by atoms with Gasteiger partial charge in [0, 0.05) is 17.4 Å². The molecule has 0 bridgehead atoms. The molecule has 2 rings (SSSR count). The molecule has 0 aliphatic heterocycles. The monoisotopic (exact) mass is 285 g/mol. The first-order valence-electron chi connectivity index (χ1n) is 6.23. The van der Waals surface area contributed by atoms with Crippen LogP contribution in [0.4, 0.5) is 11.4 Å². The van der Waals surface area contributed by atoms with Gasteiger partial charge in [-0.2, -0.15) is 0 Å². The zero-order chi connectivity index (χ0) is 15.2. The van der Waals surface area contributed by atoms with E-state index in [1.54, 1.807) is 24.3 Å². The summed E-state index contributed by atoms with van der Waals surface area (Å²) in [6.07, 6.45) is 0. The first-order chi connectivity index (χ1) is 10.1. The number of carbonyl (C=O) groups is 2. The van der Waals surface area contributed by atoms with Crippen molar-refractivity contribution in [1.29, 1.82) is 0 Å². The Kier molecular flexibility index (Phi) is 4.40. The van der Waals surface area contributed by atoms with Crippen molar-refractivity contribution >= 4 is 23.2 Å².